The van der Waals surface area contributed by atoms with Gasteiger partial charge >= 0.3 is 0 Å². The van der Waals surface area contributed by atoms with E-state index in [2.05, 4.69) is 20.7 Å². The molecule has 2 aromatic rings. The molecule has 0 saturated carbocycles. The molecule has 0 aliphatic carbocycles. The number of carbonyl (C=O) groups is 2. The van der Waals surface area contributed by atoms with E-state index in [0.717, 1.165) is 37.5 Å². The van der Waals surface area contributed by atoms with Crippen LogP contribution in [-0.2, 0) is 26.0 Å². The Kier molecular flexibility index (Phi) is 7.58. The molecule has 1 aromatic heterocycles. The molecule has 0 atom stereocenters. The van der Waals surface area contributed by atoms with Crippen molar-refractivity contribution < 1.29 is 22.7 Å². The number of ether oxygens (including phenoxy) is 1. The van der Waals surface area contributed by atoms with Crippen LogP contribution in [0.2, 0.25) is 0 Å². The molecule has 4 rings (SSSR count). The maximum atomic E-state index is 12.7. The highest BCUT2D eigenvalue weighted by Gasteiger charge is 2.25. The fourth-order valence-corrected chi connectivity index (χ4v) is 6.10. The number of anilines is 1. The summed E-state index contributed by atoms with van der Waals surface area (Å²) in [5, 5.41) is 2.39. The lowest BCUT2D eigenvalue weighted by Crippen LogP contribution is -2.42. The van der Waals surface area contributed by atoms with Crippen molar-refractivity contribution in [2.75, 3.05) is 44.3 Å². The largest absolute Gasteiger partial charge is 0.378 e. The first-order valence-electron chi connectivity index (χ1n) is 10.9. The zero-order valence-corrected chi connectivity index (χ0v) is 19.8. The molecule has 0 unspecified atom stereocenters. The normalized spacial score (nSPS) is 17.5. The van der Waals surface area contributed by atoms with E-state index >= 15 is 0 Å². The molecule has 0 spiro atoms. The monoisotopic (exact) mass is 493 g/mol. The molecule has 2 N–H and O–H groups in total. The van der Waals surface area contributed by atoms with E-state index in [1.54, 1.807) is 17.5 Å². The summed E-state index contributed by atoms with van der Waals surface area (Å²) in [5.74, 6) is -0.916. The molecular formula is C21H27N5O5S2. The first-order valence-corrected chi connectivity index (χ1v) is 13.2. The summed E-state index contributed by atoms with van der Waals surface area (Å²) >= 11 is 1.37. The van der Waals surface area contributed by atoms with Gasteiger partial charge in [-0.05, 0) is 30.5 Å². The number of hydrogen-bond donors (Lipinski definition) is 2. The molecule has 0 radical (unpaired) electrons. The fraction of sp³-hybridized carbons (Fsp3) is 0.476. The van der Waals surface area contributed by atoms with Crippen LogP contribution in [0.4, 0.5) is 5.13 Å². The first-order chi connectivity index (χ1) is 15.9. The van der Waals surface area contributed by atoms with Crippen molar-refractivity contribution in [3.8, 4) is 0 Å². The van der Waals surface area contributed by atoms with Gasteiger partial charge in [-0.2, -0.15) is 4.31 Å². The molecule has 3 heterocycles. The third-order valence-electron chi connectivity index (χ3n) is 5.56. The SMILES string of the molecule is O=C(Cc1ccc(S(=O)(=O)N2CCCCC2)cc1)NNC(=O)c1csc(N2CCOCC2)n1. The molecule has 33 heavy (non-hydrogen) atoms. The summed E-state index contributed by atoms with van der Waals surface area (Å²) in [6, 6.07) is 6.28. The summed E-state index contributed by atoms with van der Waals surface area (Å²) in [4.78, 5) is 31.2. The molecule has 2 saturated heterocycles. The minimum Gasteiger partial charge on any atom is -0.378 e. The highest BCUT2D eigenvalue weighted by Crippen LogP contribution is 2.22. The van der Waals surface area contributed by atoms with Crippen LogP contribution in [0, 0.1) is 0 Å². The van der Waals surface area contributed by atoms with Gasteiger partial charge < -0.3 is 9.64 Å². The topological polar surface area (TPSA) is 121 Å². The Hall–Kier alpha value is -2.54. The van der Waals surface area contributed by atoms with Gasteiger partial charge in [0, 0.05) is 31.6 Å². The van der Waals surface area contributed by atoms with Crippen LogP contribution in [0.1, 0.15) is 35.3 Å². The molecule has 1 aromatic carbocycles. The van der Waals surface area contributed by atoms with E-state index in [4.69, 9.17) is 4.74 Å². The van der Waals surface area contributed by atoms with Crippen molar-refractivity contribution in [2.24, 2.45) is 0 Å². The van der Waals surface area contributed by atoms with Crippen LogP contribution in [0.25, 0.3) is 0 Å². The second kappa shape index (κ2) is 10.6. The highest BCUT2D eigenvalue weighted by atomic mass is 32.2. The van der Waals surface area contributed by atoms with Gasteiger partial charge in [0.2, 0.25) is 15.9 Å². The van der Waals surface area contributed by atoms with Gasteiger partial charge in [0.15, 0.2) is 5.13 Å². The van der Waals surface area contributed by atoms with Crippen LogP contribution < -0.4 is 15.8 Å². The van der Waals surface area contributed by atoms with Crippen molar-refractivity contribution in [3.05, 3.63) is 40.9 Å². The van der Waals surface area contributed by atoms with E-state index in [-0.39, 0.29) is 17.0 Å². The minimum atomic E-state index is -3.51. The van der Waals surface area contributed by atoms with Gasteiger partial charge in [-0.3, -0.25) is 20.4 Å². The fourth-order valence-electron chi connectivity index (χ4n) is 3.72. The Balaban J connectivity index is 1.27. The van der Waals surface area contributed by atoms with Crippen LogP contribution in [0.5, 0.6) is 0 Å². The second-order valence-corrected chi connectivity index (χ2v) is 10.7. The van der Waals surface area contributed by atoms with Crippen LogP contribution in [0.15, 0.2) is 34.5 Å². The third-order valence-corrected chi connectivity index (χ3v) is 8.38. The first kappa shape index (κ1) is 23.6. The zero-order chi connectivity index (χ0) is 23.3. The number of amides is 2. The summed E-state index contributed by atoms with van der Waals surface area (Å²) in [6.45, 7) is 3.79. The number of nitrogens with zero attached hydrogens (tertiary/aromatic N) is 3. The Morgan fingerprint density at radius 1 is 1.00 bits per heavy atom. The van der Waals surface area contributed by atoms with E-state index < -0.39 is 21.8 Å². The smallest absolute Gasteiger partial charge is 0.289 e. The Morgan fingerprint density at radius 3 is 2.39 bits per heavy atom. The van der Waals surface area contributed by atoms with E-state index in [0.29, 0.717) is 31.9 Å². The van der Waals surface area contributed by atoms with Gasteiger partial charge in [0.25, 0.3) is 5.91 Å². The molecular weight excluding hydrogens is 466 g/mol. The van der Waals surface area contributed by atoms with E-state index in [9.17, 15) is 18.0 Å². The number of morpholine rings is 1. The number of benzene rings is 1. The summed E-state index contributed by atoms with van der Waals surface area (Å²) in [5.41, 5.74) is 5.63. The average molecular weight is 494 g/mol. The number of aromatic nitrogens is 1. The lowest BCUT2D eigenvalue weighted by molar-refractivity contribution is -0.121. The molecule has 2 aliphatic heterocycles. The number of sulfonamides is 1. The Labute approximate surface area is 197 Å². The molecule has 178 valence electrons. The standard InChI is InChI=1S/C21H27N5O5S2/c27-19(23-24-20(28)18-15-32-21(22-18)25-10-12-31-13-11-25)14-16-4-6-17(7-5-16)33(29,30)26-8-2-1-3-9-26/h4-7,15H,1-3,8-14H2,(H,23,27)(H,24,28). The maximum Gasteiger partial charge on any atom is 0.289 e. The van der Waals surface area contributed by atoms with Gasteiger partial charge in [-0.1, -0.05) is 18.6 Å². The van der Waals surface area contributed by atoms with E-state index in [1.165, 1.54) is 27.8 Å². The van der Waals surface area contributed by atoms with Crippen LogP contribution in [-0.4, -0.2) is 68.9 Å². The predicted molar refractivity (Wildman–Crippen MR) is 124 cm³/mol. The second-order valence-electron chi connectivity index (χ2n) is 7.90. The van der Waals surface area contributed by atoms with Crippen molar-refractivity contribution in [2.45, 2.75) is 30.6 Å². The number of carbonyl (C=O) groups excluding carboxylic acids is 2. The lowest BCUT2D eigenvalue weighted by atomic mass is 10.1. The highest BCUT2D eigenvalue weighted by molar-refractivity contribution is 7.89. The summed E-state index contributed by atoms with van der Waals surface area (Å²) in [7, 11) is -3.51. The summed E-state index contributed by atoms with van der Waals surface area (Å²) < 4.78 is 32.3. The van der Waals surface area contributed by atoms with Crippen molar-refractivity contribution in [1.82, 2.24) is 20.1 Å². The average Bonchev–Trinajstić information content (AvgIpc) is 3.35. The number of hydrogen-bond acceptors (Lipinski definition) is 8. The van der Waals surface area contributed by atoms with Crippen molar-refractivity contribution in [3.63, 3.8) is 0 Å². The molecule has 2 amide bonds. The van der Waals surface area contributed by atoms with Gasteiger partial charge in [-0.15, -0.1) is 11.3 Å². The number of thiazole rings is 1. The zero-order valence-electron chi connectivity index (χ0n) is 18.2. The Morgan fingerprint density at radius 2 is 1.70 bits per heavy atom. The van der Waals surface area contributed by atoms with Crippen LogP contribution >= 0.6 is 11.3 Å². The van der Waals surface area contributed by atoms with Crippen LogP contribution in [0.3, 0.4) is 0 Å². The van der Waals surface area contributed by atoms with Gasteiger partial charge in [0.05, 0.1) is 24.5 Å². The van der Waals surface area contributed by atoms with Gasteiger partial charge in [-0.25, -0.2) is 13.4 Å². The van der Waals surface area contributed by atoms with Gasteiger partial charge in [0.1, 0.15) is 5.69 Å². The molecule has 0 bridgehead atoms. The summed E-state index contributed by atoms with van der Waals surface area (Å²) in [6.07, 6.45) is 2.80. The predicted octanol–water partition coefficient (Wildman–Crippen LogP) is 1.16. The number of piperidine rings is 1. The van der Waals surface area contributed by atoms with Crippen molar-refractivity contribution >= 4 is 38.3 Å². The van der Waals surface area contributed by atoms with Crippen molar-refractivity contribution in [1.29, 1.82) is 0 Å². The quantitative estimate of drug-likeness (QED) is 0.579. The molecule has 2 fully saturated rings. The number of nitrogens with one attached hydrogen (secondary N) is 2. The lowest BCUT2D eigenvalue weighted by Gasteiger charge is -2.25. The Bertz CT molecular complexity index is 1070. The molecule has 2 aliphatic rings. The number of rotatable bonds is 6. The third kappa shape index (κ3) is 5.88. The maximum absolute atomic E-state index is 12.7. The van der Waals surface area contributed by atoms with E-state index in [1.807, 2.05) is 0 Å². The number of hydrazine groups is 1. The molecule has 12 heteroatoms. The minimum absolute atomic E-state index is 0.000412. The molecule has 10 nitrogen and oxygen atoms in total.